The van der Waals surface area contributed by atoms with E-state index in [1.807, 2.05) is 54.6 Å². The number of nitrogens with zero attached hydrogens (tertiary/aromatic N) is 2. The summed E-state index contributed by atoms with van der Waals surface area (Å²) in [5, 5.41) is 11.1. The lowest BCUT2D eigenvalue weighted by molar-refractivity contribution is -0.136. The normalized spacial score (nSPS) is 19.3. The summed E-state index contributed by atoms with van der Waals surface area (Å²) in [4.78, 5) is 123. The Balaban J connectivity index is 0.818. The van der Waals surface area contributed by atoms with Crippen LogP contribution in [0.5, 0.6) is 0 Å². The number of aryl methyl sites for hydroxylation is 4. The molecule has 8 rings (SSSR count). The van der Waals surface area contributed by atoms with Gasteiger partial charge in [-0.25, -0.2) is 4.79 Å². The Morgan fingerprint density at radius 1 is 0.899 bits per heavy atom. The van der Waals surface area contributed by atoms with Crippen LogP contribution in [0.15, 0.2) is 95.8 Å². The Bertz CT molecular complexity index is 3330. The Kier molecular flexibility index (Phi) is 17.7. The van der Waals surface area contributed by atoms with Crippen molar-refractivity contribution in [2.45, 2.75) is 127 Å². The molecule has 4 aromatic carbocycles. The van der Waals surface area contributed by atoms with Gasteiger partial charge in [0.1, 0.15) is 6.04 Å². The molecule has 0 spiro atoms. The molecule has 22 heteroatoms. The average molecular weight is 1110 g/mol. The van der Waals surface area contributed by atoms with Gasteiger partial charge in [0.2, 0.25) is 35.4 Å². The minimum absolute atomic E-state index is 0.0411. The van der Waals surface area contributed by atoms with Crippen LogP contribution in [0, 0.1) is 5.92 Å². The summed E-state index contributed by atoms with van der Waals surface area (Å²) in [5.74, 6) is -4.69. The summed E-state index contributed by atoms with van der Waals surface area (Å²) in [6.07, 6.45) is 4.12. The van der Waals surface area contributed by atoms with E-state index in [0.29, 0.717) is 54.4 Å². The lowest BCUT2D eigenvalue weighted by Crippen LogP contribution is -2.49. The lowest BCUT2D eigenvalue weighted by Gasteiger charge is -2.28. The molecule has 1 fully saturated rings. The van der Waals surface area contributed by atoms with Crippen LogP contribution in [-0.4, -0.2) is 84.9 Å². The van der Waals surface area contributed by atoms with Gasteiger partial charge in [0.15, 0.2) is 5.78 Å². The third-order valence-corrected chi connectivity index (χ3v) is 16.2. The van der Waals surface area contributed by atoms with Crippen LogP contribution in [-0.2, 0) is 87.9 Å². The smallest absolute Gasteiger partial charge is 0.372 e. The number of fused-ring (bicyclic) bond motifs is 1. The maximum absolute atomic E-state index is 14.5. The van der Waals surface area contributed by atoms with Crippen LogP contribution < -0.4 is 32.7 Å². The monoisotopic (exact) mass is 1110 g/mol. The number of aromatic nitrogens is 2. The van der Waals surface area contributed by atoms with Gasteiger partial charge >= 0.3 is 18.9 Å². The van der Waals surface area contributed by atoms with E-state index in [2.05, 4.69) is 21.3 Å². The third-order valence-electron chi connectivity index (χ3n) is 15.3. The molecular weight excluding hydrogens is 1040 g/mol. The van der Waals surface area contributed by atoms with E-state index in [4.69, 9.17) is 20.3 Å². The molecule has 19 nitrogen and oxygen atoms in total. The second kappa shape index (κ2) is 24.3. The molecule has 0 bridgehead atoms. The van der Waals surface area contributed by atoms with Crippen molar-refractivity contribution in [1.29, 1.82) is 0 Å². The Morgan fingerprint density at radius 2 is 1.59 bits per heavy atom. The number of alkyl halides is 2. The van der Waals surface area contributed by atoms with Gasteiger partial charge in [-0.05, 0) is 122 Å². The number of halogens is 2. The number of ether oxygens (including phenoxy) is 1. The average Bonchev–Trinajstić information content (AvgIpc) is 4.13. The topological polar surface area (TPSA) is 287 Å². The molecule has 3 aliphatic rings. The number of hydrogen-bond acceptors (Lipinski definition) is 10. The van der Waals surface area contributed by atoms with Crippen molar-refractivity contribution in [2.24, 2.45) is 18.7 Å². The van der Waals surface area contributed by atoms with E-state index in [1.165, 1.54) is 27.3 Å². The van der Waals surface area contributed by atoms with Crippen LogP contribution in [0.2, 0.25) is 0 Å². The summed E-state index contributed by atoms with van der Waals surface area (Å²) in [5.41, 5.74) is 7.03. The fraction of sp³-hybridized carbons (Fsp3) is 0.404. The first-order valence-electron chi connectivity index (χ1n) is 26.3. The standard InChI is InChI=1S/C57H64F2N7O12P/c1-32(37-15-18-40(19-16-37)57(58,59)79(75,76)77)28-50(70)62-43-20-17-38-7-4-8-39-30-41(52(51(38)39)53(43)71)54(72)63-42(21-24-47(60)67)33(2)78-31-36-11-9-34(10-12-36)6-5-27-61-48(68)25-14-35-13-22-44-46(29-35)65(3)56(74)66(44)45-23-26-49(69)64-55(45)73/h4,7-13,15-16,18-19,22,28-29,33,41-43,45,52H,5-6,14,17,20-21,23-27,30-31H2,1-3H3,(H2,60,67)(H,61,68)(H,62,70)(H,63,72)(H,64,69,73)(H2,75,76,77)/b32-28+/t33-,41-,42+,43+,45?,52?/m1/s1. The zero-order valence-corrected chi connectivity index (χ0v) is 44.9. The van der Waals surface area contributed by atoms with Gasteiger partial charge in [0.25, 0.3) is 0 Å². The van der Waals surface area contributed by atoms with Gasteiger partial charge in [0.05, 0.1) is 47.7 Å². The molecule has 2 aliphatic carbocycles. The molecule has 418 valence electrons. The summed E-state index contributed by atoms with van der Waals surface area (Å²) in [6, 6.07) is 20.6. The maximum Gasteiger partial charge on any atom is 0.399 e. The van der Waals surface area contributed by atoms with E-state index < -0.39 is 78.5 Å². The molecule has 1 aromatic heterocycles. The molecule has 5 aromatic rings. The predicted octanol–water partition coefficient (Wildman–Crippen LogP) is 4.94. The summed E-state index contributed by atoms with van der Waals surface area (Å²) >= 11 is 0. The number of benzene rings is 4. The first-order chi connectivity index (χ1) is 37.5. The summed E-state index contributed by atoms with van der Waals surface area (Å²) in [7, 11) is -4.16. The quantitative estimate of drug-likeness (QED) is 0.0210. The van der Waals surface area contributed by atoms with Crippen LogP contribution in [0.3, 0.4) is 0 Å². The molecule has 2 unspecified atom stereocenters. The number of amides is 6. The number of rotatable bonds is 22. The van der Waals surface area contributed by atoms with Crippen molar-refractivity contribution in [1.82, 2.24) is 30.4 Å². The fourth-order valence-corrected chi connectivity index (χ4v) is 11.3. The Hall–Kier alpha value is -7.45. The minimum Gasteiger partial charge on any atom is -0.372 e. The SMILES string of the molecule is C/C(=C\C(=O)N[C@H]1CCc2cccc3c2C(C1=O)[C@H](C(=O)N[C@@H](CCC(N)=O)[C@@H](C)OCc1ccc(CCCNC(=O)CCc2ccc4c(c2)n(C)c(=O)n4C2CCC(=O)NC2=O)cc1)C3)c1ccc(C(F)(F)P(=O)(O)O)cc1. The first kappa shape index (κ1) is 57.7. The van der Waals surface area contributed by atoms with Gasteiger partial charge in [-0.3, -0.25) is 52.6 Å². The van der Waals surface area contributed by atoms with E-state index in [9.17, 15) is 51.7 Å². The van der Waals surface area contributed by atoms with E-state index >= 15 is 0 Å². The second-order valence-corrected chi connectivity index (χ2v) is 22.3. The van der Waals surface area contributed by atoms with Crippen LogP contribution in [0.4, 0.5) is 8.78 Å². The fourth-order valence-electron chi connectivity index (χ4n) is 10.8. The zero-order chi connectivity index (χ0) is 56.9. The van der Waals surface area contributed by atoms with E-state index in [-0.39, 0.29) is 74.8 Å². The van der Waals surface area contributed by atoms with Gasteiger partial charge < -0.3 is 36.2 Å². The highest BCUT2D eigenvalue weighted by molar-refractivity contribution is 7.52. The van der Waals surface area contributed by atoms with Crippen molar-refractivity contribution in [3.05, 3.63) is 146 Å². The number of imide groups is 1. The molecule has 79 heavy (non-hydrogen) atoms. The van der Waals surface area contributed by atoms with Gasteiger partial charge in [0, 0.05) is 44.5 Å². The van der Waals surface area contributed by atoms with Crippen molar-refractivity contribution in [2.75, 3.05) is 6.54 Å². The minimum atomic E-state index is -5.78. The number of carbonyl (C=O) groups excluding carboxylic acids is 7. The van der Waals surface area contributed by atoms with Crippen molar-refractivity contribution < 1.29 is 61.4 Å². The van der Waals surface area contributed by atoms with Crippen LogP contribution in [0.1, 0.15) is 115 Å². The summed E-state index contributed by atoms with van der Waals surface area (Å²) in [6.45, 7) is 3.97. The number of Topliss-reactive ketones (excluding diaryl/α,β-unsaturated/α-hetero) is 1. The van der Waals surface area contributed by atoms with Gasteiger partial charge in [-0.15, -0.1) is 0 Å². The number of allylic oxidation sites excluding steroid dienone is 1. The molecule has 1 aliphatic heterocycles. The second-order valence-electron chi connectivity index (χ2n) is 20.7. The van der Waals surface area contributed by atoms with Crippen molar-refractivity contribution in [3.63, 3.8) is 0 Å². The highest BCUT2D eigenvalue weighted by Gasteiger charge is 2.50. The number of hydrogen-bond donors (Lipinski definition) is 7. The highest BCUT2D eigenvalue weighted by Crippen LogP contribution is 2.59. The molecule has 1 saturated heterocycles. The van der Waals surface area contributed by atoms with Gasteiger partial charge in [-0.2, -0.15) is 8.78 Å². The van der Waals surface area contributed by atoms with E-state index in [1.54, 1.807) is 27.0 Å². The van der Waals surface area contributed by atoms with E-state index in [0.717, 1.165) is 45.5 Å². The molecule has 6 atom stereocenters. The molecule has 8 N–H and O–H groups in total. The molecular formula is C57H64F2N7O12P. The van der Waals surface area contributed by atoms with Gasteiger partial charge in [-0.1, -0.05) is 72.8 Å². The number of piperidine rings is 1. The number of nitrogens with one attached hydrogen (secondary N) is 4. The molecule has 6 amide bonds. The molecule has 0 radical (unpaired) electrons. The number of carbonyl (C=O) groups is 7. The van der Waals surface area contributed by atoms with Crippen molar-refractivity contribution in [3.8, 4) is 0 Å². The molecule has 2 heterocycles. The maximum atomic E-state index is 14.5. The number of ketones is 1. The number of primary amides is 1. The Morgan fingerprint density at radius 3 is 2.29 bits per heavy atom. The zero-order valence-electron chi connectivity index (χ0n) is 44.0. The Labute approximate surface area is 453 Å². The number of imidazole rings is 1. The largest absolute Gasteiger partial charge is 0.399 e. The summed E-state index contributed by atoms with van der Waals surface area (Å²) < 4.78 is 49.0. The third kappa shape index (κ3) is 13.2. The first-order valence-corrected chi connectivity index (χ1v) is 27.9. The lowest BCUT2D eigenvalue weighted by atomic mass is 9.84. The highest BCUT2D eigenvalue weighted by atomic mass is 31.2. The predicted molar refractivity (Wildman–Crippen MR) is 287 cm³/mol. The van der Waals surface area contributed by atoms with Crippen molar-refractivity contribution >= 4 is 65.4 Å². The molecule has 0 saturated carbocycles. The van der Waals surface area contributed by atoms with Crippen LogP contribution >= 0.6 is 7.60 Å². The number of nitrogens with two attached hydrogens (primary N) is 1. The van der Waals surface area contributed by atoms with Crippen LogP contribution in [0.25, 0.3) is 16.6 Å².